The molecule has 2 rings (SSSR count). The van der Waals surface area contributed by atoms with Crippen LogP contribution in [0.3, 0.4) is 0 Å². The molecule has 0 saturated heterocycles. The number of carbonyl (C=O) groups excluding carboxylic acids is 2. The highest BCUT2D eigenvalue weighted by Crippen LogP contribution is 2.23. The minimum Gasteiger partial charge on any atom is -0.444 e. The highest BCUT2D eigenvalue weighted by Gasteiger charge is 2.19. The quantitative estimate of drug-likeness (QED) is 0.831. The highest BCUT2D eigenvalue weighted by atomic mass is 16.6. The minimum atomic E-state index is -0.562. The molecular formula is C18H21N3O3. The summed E-state index contributed by atoms with van der Waals surface area (Å²) in [5, 5.41) is 11.4. The summed E-state index contributed by atoms with van der Waals surface area (Å²) in [6.45, 7) is 7.30. The van der Waals surface area contributed by atoms with Gasteiger partial charge in [0, 0.05) is 17.8 Å². The Kier molecular flexibility index (Phi) is 4.93. The number of hydrogen-bond acceptors (Lipinski definition) is 4. The second kappa shape index (κ2) is 6.75. The molecule has 126 valence electrons. The van der Waals surface area contributed by atoms with Gasteiger partial charge in [-0.1, -0.05) is 6.08 Å². The van der Waals surface area contributed by atoms with Gasteiger partial charge in [-0.2, -0.15) is 5.26 Å². The maximum atomic E-state index is 11.9. The highest BCUT2D eigenvalue weighted by molar-refractivity contribution is 5.96. The van der Waals surface area contributed by atoms with Crippen LogP contribution in [0.25, 0.3) is 6.08 Å². The lowest BCUT2D eigenvalue weighted by molar-refractivity contribution is 0.0547. The summed E-state index contributed by atoms with van der Waals surface area (Å²) in [5.41, 5.74) is 3.16. The molecule has 1 aromatic rings. The van der Waals surface area contributed by atoms with Gasteiger partial charge >= 0.3 is 6.09 Å². The van der Waals surface area contributed by atoms with Crippen molar-refractivity contribution in [2.24, 2.45) is 0 Å². The fourth-order valence-corrected chi connectivity index (χ4v) is 2.37. The molecule has 0 radical (unpaired) electrons. The SMILES string of the molecule is CC1=Cc2cc(C(=O)CC#N)[nH]c2CC=C1NC(=O)OC(C)(C)C. The van der Waals surface area contributed by atoms with Crippen molar-refractivity contribution < 1.29 is 14.3 Å². The van der Waals surface area contributed by atoms with Crippen LogP contribution in [0.5, 0.6) is 0 Å². The van der Waals surface area contributed by atoms with Crippen LogP contribution in [-0.4, -0.2) is 22.5 Å². The number of aromatic nitrogens is 1. The number of rotatable bonds is 3. The van der Waals surface area contributed by atoms with Crippen LogP contribution in [-0.2, 0) is 11.2 Å². The van der Waals surface area contributed by atoms with Gasteiger partial charge in [0.15, 0.2) is 5.78 Å². The summed E-state index contributed by atoms with van der Waals surface area (Å²) >= 11 is 0. The molecule has 0 fully saturated rings. The van der Waals surface area contributed by atoms with Gasteiger partial charge in [-0.25, -0.2) is 4.79 Å². The lowest BCUT2D eigenvalue weighted by atomic mass is 10.1. The minimum absolute atomic E-state index is 0.149. The molecule has 6 heteroatoms. The van der Waals surface area contributed by atoms with Gasteiger partial charge in [0.05, 0.1) is 11.8 Å². The largest absolute Gasteiger partial charge is 0.444 e. The number of ketones is 1. The third kappa shape index (κ3) is 4.35. The maximum Gasteiger partial charge on any atom is 0.412 e. The molecule has 0 bridgehead atoms. The topological polar surface area (TPSA) is 95.0 Å². The monoisotopic (exact) mass is 327 g/mol. The van der Waals surface area contributed by atoms with Crippen LogP contribution >= 0.6 is 0 Å². The summed E-state index contributed by atoms with van der Waals surface area (Å²) in [5.74, 6) is -0.229. The number of H-pyrrole nitrogens is 1. The van der Waals surface area contributed by atoms with E-state index in [1.165, 1.54) is 0 Å². The number of alkyl carbamates (subject to hydrolysis) is 1. The van der Waals surface area contributed by atoms with E-state index in [1.54, 1.807) is 26.8 Å². The molecule has 0 spiro atoms. The van der Waals surface area contributed by atoms with E-state index in [4.69, 9.17) is 10.00 Å². The number of hydrogen-bond donors (Lipinski definition) is 2. The van der Waals surface area contributed by atoms with Gasteiger partial charge < -0.3 is 9.72 Å². The number of nitrogens with zero attached hydrogens (tertiary/aromatic N) is 1. The van der Waals surface area contributed by atoms with Gasteiger partial charge in [-0.15, -0.1) is 0 Å². The number of nitriles is 1. The molecule has 1 amide bonds. The fourth-order valence-electron chi connectivity index (χ4n) is 2.37. The molecule has 1 heterocycles. The number of amides is 1. The second-order valence-electron chi connectivity index (χ2n) is 6.65. The Hall–Kier alpha value is -2.81. The first kappa shape index (κ1) is 17.5. The molecule has 0 atom stereocenters. The van der Waals surface area contributed by atoms with E-state index in [1.807, 2.05) is 25.1 Å². The lowest BCUT2D eigenvalue weighted by Gasteiger charge is -2.20. The molecule has 0 saturated carbocycles. The summed E-state index contributed by atoms with van der Waals surface area (Å²) in [6.07, 6.45) is 3.65. The van der Waals surface area contributed by atoms with E-state index in [2.05, 4.69) is 10.3 Å². The van der Waals surface area contributed by atoms with Crippen molar-refractivity contribution >= 4 is 18.0 Å². The zero-order valence-corrected chi connectivity index (χ0v) is 14.3. The van der Waals surface area contributed by atoms with Crippen LogP contribution in [0.4, 0.5) is 4.79 Å². The Morgan fingerprint density at radius 1 is 1.42 bits per heavy atom. The first-order chi connectivity index (χ1) is 11.2. The van der Waals surface area contributed by atoms with E-state index in [-0.39, 0.29) is 12.2 Å². The molecule has 1 aliphatic rings. The van der Waals surface area contributed by atoms with Crippen LogP contribution < -0.4 is 5.32 Å². The average molecular weight is 327 g/mol. The van der Waals surface area contributed by atoms with E-state index >= 15 is 0 Å². The van der Waals surface area contributed by atoms with Crippen LogP contribution in [0.15, 0.2) is 23.4 Å². The molecule has 6 nitrogen and oxygen atoms in total. The Bertz CT molecular complexity index is 770. The molecule has 2 N–H and O–H groups in total. The Labute approximate surface area is 141 Å². The zero-order chi connectivity index (χ0) is 17.9. The number of fused-ring (bicyclic) bond motifs is 1. The zero-order valence-electron chi connectivity index (χ0n) is 14.3. The summed E-state index contributed by atoms with van der Waals surface area (Å²) in [4.78, 5) is 26.8. The van der Waals surface area contributed by atoms with E-state index in [9.17, 15) is 9.59 Å². The molecule has 24 heavy (non-hydrogen) atoms. The van der Waals surface area contributed by atoms with Gasteiger partial charge in [-0.05, 0) is 51.0 Å². The van der Waals surface area contributed by atoms with Crippen molar-refractivity contribution in [3.05, 3.63) is 40.4 Å². The van der Waals surface area contributed by atoms with E-state index in [0.717, 1.165) is 16.8 Å². The number of ether oxygens (including phenoxy) is 1. The Balaban J connectivity index is 2.16. The fraction of sp³-hybridized carbons (Fsp3) is 0.389. The van der Waals surface area contributed by atoms with Gasteiger partial charge in [0.25, 0.3) is 0 Å². The molecule has 0 unspecified atom stereocenters. The first-order valence-corrected chi connectivity index (χ1v) is 7.70. The summed E-state index contributed by atoms with van der Waals surface area (Å²) < 4.78 is 5.26. The lowest BCUT2D eigenvalue weighted by Crippen LogP contribution is -2.32. The normalized spacial score (nSPS) is 13.8. The van der Waals surface area contributed by atoms with Crippen molar-refractivity contribution in [2.45, 2.75) is 46.1 Å². The van der Waals surface area contributed by atoms with Gasteiger partial charge in [0.2, 0.25) is 0 Å². The number of Topliss-reactive ketones (excluding diaryl/α,β-unsaturated/α-hetero) is 1. The molecule has 1 aromatic heterocycles. The number of aromatic amines is 1. The van der Waals surface area contributed by atoms with Gasteiger partial charge in [-0.3, -0.25) is 10.1 Å². The van der Waals surface area contributed by atoms with Crippen molar-refractivity contribution in [1.82, 2.24) is 10.3 Å². The number of allylic oxidation sites excluding steroid dienone is 2. The van der Waals surface area contributed by atoms with Crippen molar-refractivity contribution in [3.63, 3.8) is 0 Å². The second-order valence-corrected chi connectivity index (χ2v) is 6.65. The smallest absolute Gasteiger partial charge is 0.412 e. The third-order valence-electron chi connectivity index (χ3n) is 3.42. The van der Waals surface area contributed by atoms with E-state index in [0.29, 0.717) is 17.8 Å². The summed E-state index contributed by atoms with van der Waals surface area (Å²) in [6, 6.07) is 3.60. The molecule has 0 aromatic carbocycles. The number of carbonyl (C=O) groups is 2. The standard InChI is InChI=1S/C18H21N3O3/c1-11-9-12-10-15(16(22)7-8-19)20-14(12)6-5-13(11)21-17(23)24-18(2,3)4/h5,9-10,20H,6-7H2,1-4H3,(H,21,23). The van der Waals surface area contributed by atoms with Crippen molar-refractivity contribution in [2.75, 3.05) is 0 Å². The predicted octanol–water partition coefficient (Wildman–Crippen LogP) is 3.48. The summed E-state index contributed by atoms with van der Waals surface area (Å²) in [7, 11) is 0. The Morgan fingerprint density at radius 3 is 2.75 bits per heavy atom. The van der Waals surface area contributed by atoms with Crippen LogP contribution in [0, 0.1) is 11.3 Å². The van der Waals surface area contributed by atoms with Crippen molar-refractivity contribution in [3.8, 4) is 6.07 Å². The predicted molar refractivity (Wildman–Crippen MR) is 90.2 cm³/mol. The first-order valence-electron chi connectivity index (χ1n) is 7.70. The molecular weight excluding hydrogens is 306 g/mol. The van der Waals surface area contributed by atoms with Gasteiger partial charge in [0.1, 0.15) is 12.0 Å². The Morgan fingerprint density at radius 2 is 2.12 bits per heavy atom. The van der Waals surface area contributed by atoms with Crippen molar-refractivity contribution in [1.29, 1.82) is 5.26 Å². The molecule has 1 aliphatic carbocycles. The van der Waals surface area contributed by atoms with E-state index < -0.39 is 11.7 Å². The molecule has 0 aliphatic heterocycles. The maximum absolute atomic E-state index is 11.9. The van der Waals surface area contributed by atoms with Crippen LogP contribution in [0.2, 0.25) is 0 Å². The average Bonchev–Trinajstić information content (AvgIpc) is 2.78. The number of nitrogens with one attached hydrogen (secondary N) is 2. The van der Waals surface area contributed by atoms with Crippen LogP contribution in [0.1, 0.15) is 55.9 Å². The third-order valence-corrected chi connectivity index (χ3v) is 3.42.